The Morgan fingerprint density at radius 3 is 2.76 bits per heavy atom. The minimum atomic E-state index is -0.241. The molecule has 3 saturated heterocycles. The van der Waals surface area contributed by atoms with E-state index in [0.29, 0.717) is 29.9 Å². The van der Waals surface area contributed by atoms with Crippen molar-refractivity contribution in [3.8, 4) is 11.6 Å². The topological polar surface area (TPSA) is 88.1 Å². The highest BCUT2D eigenvalue weighted by Gasteiger charge is 2.50. The lowest BCUT2D eigenvalue weighted by Crippen LogP contribution is -2.43. The minimum Gasteiger partial charge on any atom is -0.461 e. The molecule has 9 heteroatoms. The van der Waals surface area contributed by atoms with Crippen LogP contribution < -0.4 is 0 Å². The Labute approximate surface area is 169 Å². The smallest absolute Gasteiger partial charge is 0.241 e. The molecule has 0 N–H and O–H groups in total. The second-order valence-electron chi connectivity index (χ2n) is 8.23. The van der Waals surface area contributed by atoms with E-state index in [1.807, 2.05) is 6.07 Å². The first-order valence-corrected chi connectivity index (χ1v) is 10.4. The third-order valence-electron chi connectivity index (χ3n) is 6.39. The Morgan fingerprint density at radius 2 is 1.93 bits per heavy atom. The van der Waals surface area contributed by atoms with Gasteiger partial charge < -0.3 is 18.6 Å². The van der Waals surface area contributed by atoms with Crippen molar-refractivity contribution in [2.45, 2.75) is 19.4 Å². The van der Waals surface area contributed by atoms with E-state index >= 15 is 0 Å². The summed E-state index contributed by atoms with van der Waals surface area (Å²) in [5.74, 6) is 1.93. The number of nitrogens with zero attached hydrogens (tertiary/aromatic N) is 5. The second-order valence-corrected chi connectivity index (χ2v) is 8.23. The van der Waals surface area contributed by atoms with Crippen LogP contribution in [0, 0.1) is 5.41 Å². The molecule has 0 aliphatic carbocycles. The molecule has 0 aromatic carbocycles. The number of carbonyl (C=O) groups excluding carboxylic acids is 1. The van der Waals surface area contributed by atoms with Crippen LogP contribution in [0.4, 0.5) is 0 Å². The molecule has 9 nitrogen and oxygen atoms in total. The first-order valence-electron chi connectivity index (χ1n) is 10.4. The van der Waals surface area contributed by atoms with Crippen molar-refractivity contribution in [3.63, 3.8) is 0 Å². The molecule has 0 radical (unpaired) electrons. The van der Waals surface area contributed by atoms with Crippen LogP contribution in [0.3, 0.4) is 0 Å². The average Bonchev–Trinajstić information content (AvgIpc) is 3.53. The van der Waals surface area contributed by atoms with Gasteiger partial charge in [0.05, 0.1) is 31.4 Å². The zero-order valence-corrected chi connectivity index (χ0v) is 16.6. The molecule has 3 fully saturated rings. The van der Waals surface area contributed by atoms with E-state index < -0.39 is 0 Å². The molecule has 3 aliphatic rings. The zero-order valence-electron chi connectivity index (χ0n) is 16.6. The number of hydrogen-bond acceptors (Lipinski definition) is 8. The summed E-state index contributed by atoms with van der Waals surface area (Å²) in [6, 6.07) is 3.61. The van der Waals surface area contributed by atoms with E-state index in [2.05, 4.69) is 24.8 Å². The lowest BCUT2D eigenvalue weighted by atomic mass is 9.85. The van der Waals surface area contributed by atoms with E-state index in [9.17, 15) is 4.79 Å². The van der Waals surface area contributed by atoms with Crippen LogP contribution in [0.2, 0.25) is 0 Å². The zero-order chi connectivity index (χ0) is 19.7. The maximum Gasteiger partial charge on any atom is 0.241 e. The third kappa shape index (κ3) is 3.82. The van der Waals surface area contributed by atoms with Gasteiger partial charge >= 0.3 is 0 Å². The van der Waals surface area contributed by atoms with E-state index in [4.69, 9.17) is 13.7 Å². The summed E-state index contributed by atoms with van der Waals surface area (Å²) in [7, 11) is 0. The molecule has 156 valence electrons. The number of aromatic nitrogens is 2. The molecule has 2 aromatic rings. The summed E-state index contributed by atoms with van der Waals surface area (Å²) < 4.78 is 16.1. The highest BCUT2D eigenvalue weighted by atomic mass is 16.5. The number of hydrogen-bond donors (Lipinski definition) is 0. The number of ether oxygens (including phenoxy) is 1. The van der Waals surface area contributed by atoms with Gasteiger partial charge in [-0.25, -0.2) is 0 Å². The highest BCUT2D eigenvalue weighted by molar-refractivity contribution is 5.85. The number of amides is 1. The predicted molar refractivity (Wildman–Crippen MR) is 103 cm³/mol. The quantitative estimate of drug-likeness (QED) is 0.711. The maximum absolute atomic E-state index is 13.2. The summed E-state index contributed by atoms with van der Waals surface area (Å²) in [6.45, 7) is 8.34. The SMILES string of the molecule is O=C1N(CCN2CCOCC2)CCC12CCN(Cc1nc(-c3ccco3)no1)C2. The van der Waals surface area contributed by atoms with Crippen molar-refractivity contribution in [2.75, 3.05) is 59.0 Å². The Kier molecular flexibility index (Phi) is 5.11. The molecular formula is C20H27N5O4. The molecule has 2 aromatic heterocycles. The van der Waals surface area contributed by atoms with Crippen LogP contribution >= 0.6 is 0 Å². The number of morpholine rings is 1. The number of rotatable bonds is 6. The standard InChI is InChI=1S/C20H27N5O4/c26-19-20(4-6-25(19)8-7-23-9-12-27-13-10-23)3-5-24(15-20)14-17-21-18(22-29-17)16-2-1-11-28-16/h1-2,11H,3-10,12-15H2. The van der Waals surface area contributed by atoms with Crippen molar-refractivity contribution in [1.82, 2.24) is 24.8 Å². The van der Waals surface area contributed by atoms with Gasteiger partial charge in [-0.05, 0) is 31.5 Å². The number of likely N-dealkylation sites (tertiary alicyclic amines) is 2. The Bertz CT molecular complexity index is 832. The lowest BCUT2D eigenvalue weighted by Gasteiger charge is -2.29. The molecule has 1 atom stereocenters. The van der Waals surface area contributed by atoms with E-state index in [1.54, 1.807) is 12.3 Å². The van der Waals surface area contributed by atoms with Gasteiger partial charge in [0.1, 0.15) is 0 Å². The van der Waals surface area contributed by atoms with Gasteiger partial charge in [-0.2, -0.15) is 4.98 Å². The fraction of sp³-hybridized carbons (Fsp3) is 0.650. The van der Waals surface area contributed by atoms with Crippen LogP contribution in [-0.2, 0) is 16.1 Å². The van der Waals surface area contributed by atoms with Crippen molar-refractivity contribution in [3.05, 3.63) is 24.3 Å². The fourth-order valence-corrected chi connectivity index (χ4v) is 4.68. The van der Waals surface area contributed by atoms with Crippen LogP contribution in [0.15, 0.2) is 27.3 Å². The van der Waals surface area contributed by atoms with Gasteiger partial charge in [0, 0.05) is 39.3 Å². The average molecular weight is 401 g/mol. The molecule has 5 heterocycles. The number of furan rings is 1. The molecule has 5 rings (SSSR count). The summed E-state index contributed by atoms with van der Waals surface area (Å²) in [5, 5.41) is 3.99. The molecule has 29 heavy (non-hydrogen) atoms. The lowest BCUT2D eigenvalue weighted by molar-refractivity contribution is -0.135. The molecule has 1 spiro atoms. The highest BCUT2D eigenvalue weighted by Crippen LogP contribution is 2.41. The Hall–Kier alpha value is -2.23. The minimum absolute atomic E-state index is 0.241. The van der Waals surface area contributed by atoms with Crippen molar-refractivity contribution in [2.24, 2.45) is 5.41 Å². The predicted octanol–water partition coefficient (Wildman–Crippen LogP) is 1.09. The van der Waals surface area contributed by atoms with Crippen LogP contribution in [-0.4, -0.2) is 89.8 Å². The summed E-state index contributed by atoms with van der Waals surface area (Å²) in [6.07, 6.45) is 3.43. The van der Waals surface area contributed by atoms with Gasteiger partial charge in [-0.3, -0.25) is 14.6 Å². The first kappa shape index (κ1) is 18.8. The third-order valence-corrected chi connectivity index (χ3v) is 6.39. The molecule has 0 saturated carbocycles. The van der Waals surface area contributed by atoms with E-state index in [0.717, 1.165) is 71.9 Å². The summed E-state index contributed by atoms with van der Waals surface area (Å²) in [4.78, 5) is 24.3. The van der Waals surface area contributed by atoms with E-state index in [1.165, 1.54) is 0 Å². The molecular weight excluding hydrogens is 374 g/mol. The fourth-order valence-electron chi connectivity index (χ4n) is 4.68. The largest absolute Gasteiger partial charge is 0.461 e. The second kappa shape index (κ2) is 7.89. The molecule has 3 aliphatic heterocycles. The maximum atomic E-state index is 13.2. The van der Waals surface area contributed by atoms with Crippen molar-refractivity contribution in [1.29, 1.82) is 0 Å². The van der Waals surface area contributed by atoms with Crippen molar-refractivity contribution >= 4 is 5.91 Å². The summed E-state index contributed by atoms with van der Waals surface area (Å²) >= 11 is 0. The Morgan fingerprint density at radius 1 is 1.07 bits per heavy atom. The van der Waals surface area contributed by atoms with Gasteiger partial charge in [0.25, 0.3) is 0 Å². The summed E-state index contributed by atoms with van der Waals surface area (Å²) in [5.41, 5.74) is -0.241. The van der Waals surface area contributed by atoms with Gasteiger partial charge in [-0.1, -0.05) is 5.16 Å². The van der Waals surface area contributed by atoms with Crippen LogP contribution in [0.25, 0.3) is 11.6 Å². The van der Waals surface area contributed by atoms with Crippen LogP contribution in [0.1, 0.15) is 18.7 Å². The van der Waals surface area contributed by atoms with Gasteiger partial charge in [0.2, 0.25) is 17.6 Å². The van der Waals surface area contributed by atoms with Crippen molar-refractivity contribution < 1.29 is 18.5 Å². The monoisotopic (exact) mass is 401 g/mol. The van der Waals surface area contributed by atoms with Gasteiger partial charge in [-0.15, -0.1) is 0 Å². The van der Waals surface area contributed by atoms with Gasteiger partial charge in [0.15, 0.2) is 5.76 Å². The Balaban J connectivity index is 1.15. The first-order chi connectivity index (χ1) is 14.2. The normalized spacial score (nSPS) is 26.2. The number of carbonyl (C=O) groups is 1. The van der Waals surface area contributed by atoms with E-state index in [-0.39, 0.29) is 5.41 Å². The van der Waals surface area contributed by atoms with Crippen LogP contribution in [0.5, 0.6) is 0 Å². The molecule has 1 amide bonds. The molecule has 1 unspecified atom stereocenters. The molecule has 0 bridgehead atoms.